The molecule has 0 amide bonds. The molecule has 0 atom stereocenters. The van der Waals surface area contributed by atoms with E-state index < -0.39 is 0 Å². The number of hydrogen-bond donors (Lipinski definition) is 0. The zero-order chi connectivity index (χ0) is 5.98. The Bertz CT molecular complexity index is 180. The molecule has 0 saturated heterocycles. The third-order valence-electron chi connectivity index (χ3n) is 0.728. The van der Waals surface area contributed by atoms with Crippen molar-refractivity contribution in [3.8, 4) is 0 Å². The molecule has 1 rings (SSSR count). The van der Waals surface area contributed by atoms with Gasteiger partial charge in [-0.05, 0) is 0 Å². The maximum Gasteiger partial charge on any atom is 2.00 e. The fraction of sp³-hybridized carbons (Fsp3) is 0. The van der Waals surface area contributed by atoms with E-state index in [9.17, 15) is 0 Å². The smallest absolute Gasteiger partial charge is 1.00 e. The van der Waals surface area contributed by atoms with E-state index in [2.05, 4.69) is 6.07 Å². The second kappa shape index (κ2) is 9.35. The Morgan fingerprint density at radius 3 is 2.09 bits per heavy atom. The molecule has 0 unspecified atom stereocenters. The van der Waals surface area contributed by atoms with Crippen molar-refractivity contribution in [3.63, 3.8) is 0 Å². The second-order valence-electron chi connectivity index (χ2n) is 1.35. The van der Waals surface area contributed by atoms with Crippen LogP contribution in [-0.2, 0) is 0 Å². The molecular weight excluding hydrogens is 310 g/mol. The summed E-state index contributed by atoms with van der Waals surface area (Å²) >= 11 is 11.0. The van der Waals surface area contributed by atoms with Crippen LogP contribution in [0.25, 0.3) is 0 Å². The number of hydrogen-bond acceptors (Lipinski definition) is 0. The van der Waals surface area contributed by atoms with Crippen molar-refractivity contribution in [3.05, 3.63) is 34.3 Å². The molecule has 0 aliphatic rings. The monoisotopic (exact) mass is 314 g/mol. The van der Waals surface area contributed by atoms with Gasteiger partial charge in [-0.25, -0.2) is 0 Å². The molecule has 0 saturated carbocycles. The first-order chi connectivity index (χ1) is 3.79. The van der Waals surface area contributed by atoms with Gasteiger partial charge in [0.2, 0.25) is 0 Å². The third kappa shape index (κ3) is 7.61. The van der Waals surface area contributed by atoms with E-state index in [0.717, 1.165) is 0 Å². The Morgan fingerprint density at radius 1 is 1.27 bits per heavy atom. The van der Waals surface area contributed by atoms with Crippen LogP contribution in [0.15, 0.2) is 18.2 Å². The Morgan fingerprint density at radius 2 is 1.82 bits per heavy atom. The fourth-order valence-corrected chi connectivity index (χ4v) is 0.820. The quantitative estimate of drug-likeness (QED) is 0.320. The number of rotatable bonds is 0. The van der Waals surface area contributed by atoms with Crippen molar-refractivity contribution in [1.29, 1.82) is 0 Å². The van der Waals surface area contributed by atoms with Crippen LogP contribution in [0.2, 0.25) is 10.0 Å². The van der Waals surface area contributed by atoms with E-state index in [1.54, 1.807) is 18.2 Å². The van der Waals surface area contributed by atoms with E-state index in [0.29, 0.717) is 10.0 Å². The average Bonchev–Trinajstić information content (AvgIpc) is 1.64. The third-order valence-corrected chi connectivity index (χ3v) is 1.18. The Kier molecular flexibility index (Phi) is 15.4. The molecular formula is C6H5Cl2IMgO. The molecule has 0 bridgehead atoms. The molecule has 1 aromatic carbocycles. The summed E-state index contributed by atoms with van der Waals surface area (Å²) in [5.41, 5.74) is 0. The zero-order valence-electron chi connectivity index (χ0n) is 5.57. The molecule has 0 radical (unpaired) electrons. The maximum atomic E-state index is 5.54. The van der Waals surface area contributed by atoms with Crippen molar-refractivity contribution in [2.24, 2.45) is 0 Å². The maximum absolute atomic E-state index is 5.54. The van der Waals surface area contributed by atoms with E-state index in [4.69, 9.17) is 23.2 Å². The van der Waals surface area contributed by atoms with Gasteiger partial charge in [-0.1, -0.05) is 10.0 Å². The van der Waals surface area contributed by atoms with Crippen LogP contribution in [0.4, 0.5) is 0 Å². The summed E-state index contributed by atoms with van der Waals surface area (Å²) in [6.07, 6.45) is 0. The van der Waals surface area contributed by atoms with Gasteiger partial charge in [-0.2, -0.15) is 18.2 Å². The Balaban J connectivity index is -0.000000213. The molecule has 1 aromatic rings. The van der Waals surface area contributed by atoms with Crippen LogP contribution in [0.3, 0.4) is 0 Å². The molecule has 0 aromatic heterocycles. The van der Waals surface area contributed by atoms with Crippen molar-refractivity contribution in [2.75, 3.05) is 0 Å². The van der Waals surface area contributed by atoms with Crippen LogP contribution < -0.4 is 24.0 Å². The first-order valence-electron chi connectivity index (χ1n) is 2.12. The van der Waals surface area contributed by atoms with Gasteiger partial charge in [0.1, 0.15) is 0 Å². The molecule has 5 heteroatoms. The molecule has 0 spiro atoms. The summed E-state index contributed by atoms with van der Waals surface area (Å²) in [6, 6.07) is 7.81. The molecule has 2 N–H and O–H groups in total. The standard InChI is InChI=1S/C6H3Cl2.HI.Mg.H2O/c7-5-2-1-3-6(8)4-5;;;/h1-2,4H;1H;;1H2/q-1;;+2;/p-1. The van der Waals surface area contributed by atoms with Crippen molar-refractivity contribution >= 4 is 46.3 Å². The minimum absolute atomic E-state index is 0. The first kappa shape index (κ1) is 18.1. The van der Waals surface area contributed by atoms with Crippen LogP contribution in [0.5, 0.6) is 0 Å². The van der Waals surface area contributed by atoms with Gasteiger partial charge in [0.05, 0.1) is 0 Å². The SMILES string of the molecule is Clc1[c-]ccc(Cl)c1.O.[I-].[Mg+2]. The summed E-state index contributed by atoms with van der Waals surface area (Å²) in [4.78, 5) is 0. The molecule has 1 nitrogen and oxygen atoms in total. The normalized spacial score (nSPS) is 6.73. The van der Waals surface area contributed by atoms with Gasteiger partial charge >= 0.3 is 23.1 Å². The Hall–Kier alpha value is 1.26. The second-order valence-corrected chi connectivity index (χ2v) is 2.20. The van der Waals surface area contributed by atoms with Crippen molar-refractivity contribution < 1.29 is 29.5 Å². The van der Waals surface area contributed by atoms with E-state index >= 15 is 0 Å². The summed E-state index contributed by atoms with van der Waals surface area (Å²) < 4.78 is 0. The van der Waals surface area contributed by atoms with Gasteiger partial charge in [0, 0.05) is 0 Å². The van der Waals surface area contributed by atoms with Crippen LogP contribution in [0, 0.1) is 6.07 Å². The number of benzene rings is 1. The van der Waals surface area contributed by atoms with Gasteiger partial charge in [-0.3, -0.25) is 0 Å². The first-order valence-corrected chi connectivity index (χ1v) is 2.87. The minimum atomic E-state index is 0. The summed E-state index contributed by atoms with van der Waals surface area (Å²) in [5, 5.41) is 1.20. The largest absolute Gasteiger partial charge is 2.00 e. The van der Waals surface area contributed by atoms with Crippen molar-refractivity contribution in [2.45, 2.75) is 0 Å². The predicted molar refractivity (Wildman–Crippen MR) is 44.7 cm³/mol. The van der Waals surface area contributed by atoms with Crippen LogP contribution >= 0.6 is 23.2 Å². The summed E-state index contributed by atoms with van der Waals surface area (Å²) in [5.74, 6) is 0. The fourth-order valence-electron chi connectivity index (χ4n) is 0.412. The predicted octanol–water partition coefficient (Wildman–Crippen LogP) is -1.41. The average molecular weight is 315 g/mol. The van der Waals surface area contributed by atoms with Crippen LogP contribution in [0.1, 0.15) is 0 Å². The van der Waals surface area contributed by atoms with Gasteiger partial charge in [-0.15, -0.1) is 29.3 Å². The zero-order valence-corrected chi connectivity index (χ0v) is 10.7. The summed E-state index contributed by atoms with van der Waals surface area (Å²) in [7, 11) is 0. The molecule has 0 aliphatic heterocycles. The Labute approximate surface area is 109 Å². The topological polar surface area (TPSA) is 31.5 Å². The molecule has 0 fully saturated rings. The summed E-state index contributed by atoms with van der Waals surface area (Å²) in [6.45, 7) is 0. The van der Waals surface area contributed by atoms with E-state index in [1.165, 1.54) is 0 Å². The van der Waals surface area contributed by atoms with Crippen molar-refractivity contribution in [1.82, 2.24) is 0 Å². The molecule has 58 valence electrons. The minimum Gasteiger partial charge on any atom is -1.00 e. The number of halogens is 3. The van der Waals surface area contributed by atoms with E-state index in [1.807, 2.05) is 0 Å². The van der Waals surface area contributed by atoms with Crippen LogP contribution in [-0.4, -0.2) is 28.5 Å². The van der Waals surface area contributed by atoms with Gasteiger partial charge in [0.15, 0.2) is 0 Å². The molecule has 11 heavy (non-hydrogen) atoms. The van der Waals surface area contributed by atoms with Gasteiger partial charge in [0.25, 0.3) is 0 Å². The molecule has 0 aliphatic carbocycles. The van der Waals surface area contributed by atoms with Gasteiger partial charge < -0.3 is 29.5 Å². The van der Waals surface area contributed by atoms with E-state index in [-0.39, 0.29) is 52.5 Å². The molecule has 0 heterocycles.